The van der Waals surface area contributed by atoms with E-state index in [2.05, 4.69) is 15.6 Å². The average Bonchev–Trinajstić information content (AvgIpc) is 2.91. The number of anilines is 1. The van der Waals surface area contributed by atoms with Gasteiger partial charge in [0.2, 0.25) is 5.91 Å². The zero-order chi connectivity index (χ0) is 10.7. The fourth-order valence-electron chi connectivity index (χ4n) is 1.27. The van der Waals surface area contributed by atoms with Crippen molar-refractivity contribution >= 4 is 11.9 Å². The molecule has 0 saturated heterocycles. The minimum Gasteiger partial charge on any atom is -0.432 e. The van der Waals surface area contributed by atoms with E-state index in [0.717, 1.165) is 12.2 Å². The summed E-state index contributed by atoms with van der Waals surface area (Å²) in [6.07, 6.45) is 4.44. The van der Waals surface area contributed by atoms with Crippen LogP contribution in [0.3, 0.4) is 0 Å². The molecule has 1 saturated carbocycles. The van der Waals surface area contributed by atoms with Gasteiger partial charge in [-0.05, 0) is 19.8 Å². The molecule has 2 rings (SSSR count). The van der Waals surface area contributed by atoms with E-state index in [4.69, 9.17) is 4.42 Å². The molecule has 0 atom stereocenters. The number of nitrogens with one attached hydrogen (secondary N) is 2. The molecule has 1 heterocycles. The fraction of sp³-hybridized carbons (Fsp3) is 0.600. The predicted octanol–water partition coefficient (Wildman–Crippen LogP) is 1.06. The number of nitrogens with zero attached hydrogens (tertiary/aromatic N) is 1. The summed E-state index contributed by atoms with van der Waals surface area (Å²) in [6, 6.07) is 0.922. The average molecular weight is 209 g/mol. The normalized spacial score (nSPS) is 15.3. The van der Waals surface area contributed by atoms with E-state index in [9.17, 15) is 4.79 Å². The summed E-state index contributed by atoms with van der Waals surface area (Å²) in [5.74, 6) is -0.0648. The Kier molecular flexibility index (Phi) is 3.01. The Hall–Kier alpha value is -1.36. The lowest BCUT2D eigenvalue weighted by molar-refractivity contribution is -0.116. The Morgan fingerprint density at radius 1 is 1.67 bits per heavy atom. The first kappa shape index (κ1) is 10.2. The molecule has 0 aliphatic heterocycles. The smallest absolute Gasteiger partial charge is 0.301 e. The molecule has 0 spiro atoms. The van der Waals surface area contributed by atoms with Crippen molar-refractivity contribution in [3.63, 3.8) is 0 Å². The molecule has 15 heavy (non-hydrogen) atoms. The van der Waals surface area contributed by atoms with Gasteiger partial charge >= 0.3 is 6.01 Å². The number of oxazole rings is 1. The number of carbonyl (C=O) groups excluding carboxylic acids is 1. The third-order valence-corrected chi connectivity index (χ3v) is 2.23. The molecule has 2 N–H and O–H groups in total. The van der Waals surface area contributed by atoms with Crippen LogP contribution < -0.4 is 10.6 Å². The molecule has 1 aliphatic carbocycles. The van der Waals surface area contributed by atoms with Crippen LogP contribution in [0.25, 0.3) is 0 Å². The number of hydrogen-bond donors (Lipinski definition) is 2. The second-order valence-corrected chi connectivity index (χ2v) is 3.82. The summed E-state index contributed by atoms with van der Waals surface area (Å²) >= 11 is 0. The maximum atomic E-state index is 11.4. The molecule has 0 radical (unpaired) electrons. The third-order valence-electron chi connectivity index (χ3n) is 2.23. The molecule has 0 aromatic carbocycles. The largest absolute Gasteiger partial charge is 0.432 e. The van der Waals surface area contributed by atoms with Crippen LogP contribution in [0, 0.1) is 6.92 Å². The third kappa shape index (κ3) is 3.36. The van der Waals surface area contributed by atoms with Crippen LogP contribution in [0.5, 0.6) is 0 Å². The summed E-state index contributed by atoms with van der Waals surface area (Å²) in [4.78, 5) is 15.4. The van der Waals surface area contributed by atoms with Gasteiger partial charge in [-0.25, -0.2) is 0 Å². The minimum absolute atomic E-state index is 0.0648. The van der Waals surface area contributed by atoms with Crippen LogP contribution in [0.1, 0.15) is 25.0 Å². The van der Waals surface area contributed by atoms with Crippen LogP contribution in [-0.4, -0.2) is 23.5 Å². The van der Waals surface area contributed by atoms with E-state index in [1.165, 1.54) is 19.1 Å². The summed E-state index contributed by atoms with van der Waals surface area (Å²) in [6.45, 7) is 2.53. The van der Waals surface area contributed by atoms with Gasteiger partial charge in [0, 0.05) is 19.0 Å². The second kappa shape index (κ2) is 4.44. The Morgan fingerprint density at radius 3 is 3.07 bits per heavy atom. The number of hydrogen-bond acceptors (Lipinski definition) is 4. The minimum atomic E-state index is -0.0648. The van der Waals surface area contributed by atoms with Crippen LogP contribution in [-0.2, 0) is 4.79 Å². The number of rotatable bonds is 5. The van der Waals surface area contributed by atoms with Gasteiger partial charge in [-0.2, -0.15) is 4.98 Å². The van der Waals surface area contributed by atoms with Gasteiger partial charge in [-0.15, -0.1) is 0 Å². The summed E-state index contributed by atoms with van der Waals surface area (Å²) in [7, 11) is 0. The van der Waals surface area contributed by atoms with Crippen LogP contribution in [0.2, 0.25) is 0 Å². The Labute approximate surface area is 88.3 Å². The standard InChI is InChI=1S/C10H15N3O2/c1-7-6-15-10(12-7)13-9(14)4-5-11-8-2-3-8/h6,8,11H,2-5H2,1H3,(H,12,13,14). The van der Waals surface area contributed by atoms with Crippen molar-refractivity contribution < 1.29 is 9.21 Å². The number of aryl methyl sites for hydroxylation is 1. The van der Waals surface area contributed by atoms with Crippen molar-refractivity contribution in [3.05, 3.63) is 12.0 Å². The molecule has 1 aromatic heterocycles. The zero-order valence-corrected chi connectivity index (χ0v) is 8.75. The van der Waals surface area contributed by atoms with E-state index in [-0.39, 0.29) is 11.9 Å². The highest BCUT2D eigenvalue weighted by molar-refractivity contribution is 5.88. The van der Waals surface area contributed by atoms with Gasteiger partial charge in [0.05, 0.1) is 5.69 Å². The molecule has 1 aromatic rings. The first-order valence-corrected chi connectivity index (χ1v) is 5.19. The number of amides is 1. The molecule has 1 fully saturated rings. The van der Waals surface area contributed by atoms with Crippen molar-refractivity contribution in [1.29, 1.82) is 0 Å². The van der Waals surface area contributed by atoms with E-state index in [1.807, 2.05) is 6.92 Å². The van der Waals surface area contributed by atoms with Crippen molar-refractivity contribution in [2.24, 2.45) is 0 Å². The molecule has 0 unspecified atom stereocenters. The van der Waals surface area contributed by atoms with Crippen molar-refractivity contribution in [2.45, 2.75) is 32.2 Å². The lowest BCUT2D eigenvalue weighted by Gasteiger charge is -2.01. The first-order chi connectivity index (χ1) is 7.24. The van der Waals surface area contributed by atoms with Crippen LogP contribution in [0.4, 0.5) is 6.01 Å². The molecule has 0 bridgehead atoms. The van der Waals surface area contributed by atoms with Gasteiger partial charge in [0.15, 0.2) is 0 Å². The molecule has 5 nitrogen and oxygen atoms in total. The monoisotopic (exact) mass is 209 g/mol. The first-order valence-electron chi connectivity index (χ1n) is 5.19. The number of carbonyl (C=O) groups is 1. The fourth-order valence-corrected chi connectivity index (χ4v) is 1.27. The van der Waals surface area contributed by atoms with Gasteiger partial charge in [-0.1, -0.05) is 0 Å². The SMILES string of the molecule is Cc1coc(NC(=O)CCNC2CC2)n1. The quantitative estimate of drug-likeness (QED) is 0.761. The summed E-state index contributed by atoms with van der Waals surface area (Å²) in [5, 5.41) is 5.87. The lowest BCUT2D eigenvalue weighted by atomic mass is 10.4. The van der Waals surface area contributed by atoms with Gasteiger partial charge in [-0.3, -0.25) is 10.1 Å². The molecule has 1 aliphatic rings. The van der Waals surface area contributed by atoms with Gasteiger partial charge < -0.3 is 9.73 Å². The van der Waals surface area contributed by atoms with Gasteiger partial charge in [0.1, 0.15) is 6.26 Å². The highest BCUT2D eigenvalue weighted by Gasteiger charge is 2.20. The highest BCUT2D eigenvalue weighted by atomic mass is 16.4. The summed E-state index contributed by atoms with van der Waals surface area (Å²) in [5.41, 5.74) is 0.765. The van der Waals surface area contributed by atoms with Crippen LogP contribution >= 0.6 is 0 Å². The van der Waals surface area contributed by atoms with Crippen LogP contribution in [0.15, 0.2) is 10.7 Å². The van der Waals surface area contributed by atoms with Gasteiger partial charge in [0.25, 0.3) is 0 Å². The maximum Gasteiger partial charge on any atom is 0.301 e. The highest BCUT2D eigenvalue weighted by Crippen LogP contribution is 2.18. The Morgan fingerprint density at radius 2 is 2.47 bits per heavy atom. The lowest BCUT2D eigenvalue weighted by Crippen LogP contribution is -2.23. The Balaban J connectivity index is 1.67. The predicted molar refractivity (Wildman–Crippen MR) is 55.5 cm³/mol. The van der Waals surface area contributed by atoms with E-state index >= 15 is 0 Å². The summed E-state index contributed by atoms with van der Waals surface area (Å²) < 4.78 is 5.01. The number of aromatic nitrogens is 1. The van der Waals surface area contributed by atoms with Crippen molar-refractivity contribution in [3.8, 4) is 0 Å². The zero-order valence-electron chi connectivity index (χ0n) is 8.75. The second-order valence-electron chi connectivity index (χ2n) is 3.82. The maximum absolute atomic E-state index is 11.4. The van der Waals surface area contributed by atoms with E-state index in [1.54, 1.807) is 0 Å². The van der Waals surface area contributed by atoms with Crippen molar-refractivity contribution in [1.82, 2.24) is 10.3 Å². The molecular weight excluding hydrogens is 194 g/mol. The molecule has 1 amide bonds. The molecular formula is C10H15N3O2. The van der Waals surface area contributed by atoms with Crippen molar-refractivity contribution in [2.75, 3.05) is 11.9 Å². The van der Waals surface area contributed by atoms with E-state index < -0.39 is 0 Å². The molecule has 5 heteroatoms. The molecule has 82 valence electrons. The van der Waals surface area contributed by atoms with E-state index in [0.29, 0.717) is 12.5 Å². The topological polar surface area (TPSA) is 67.2 Å². The Bertz CT molecular complexity index is 344.